The molecule has 0 aliphatic carbocycles. The molecule has 5 aromatic rings. The monoisotopic (exact) mass is 412 g/mol. The van der Waals surface area contributed by atoms with E-state index in [-0.39, 0.29) is 0 Å². The fraction of sp³-hybridized carbons (Fsp3) is 0.0333. The number of nitrogens with zero attached hydrogens (tertiary/aromatic N) is 2. The molecule has 154 valence electrons. The summed E-state index contributed by atoms with van der Waals surface area (Å²) >= 11 is 0. The van der Waals surface area contributed by atoms with E-state index in [4.69, 9.17) is 4.98 Å². The summed E-state index contributed by atoms with van der Waals surface area (Å²) in [4.78, 5) is 7.12. The maximum atomic E-state index is 4.87. The van der Waals surface area contributed by atoms with Crippen LogP contribution in [0, 0.1) is 6.92 Å². The Kier molecular flexibility index (Phi) is 5.50. The zero-order chi connectivity index (χ0) is 21.8. The highest BCUT2D eigenvalue weighted by Gasteiger charge is 2.18. The lowest BCUT2D eigenvalue weighted by Gasteiger charge is -2.27. The van der Waals surface area contributed by atoms with Gasteiger partial charge in [-0.25, -0.2) is 4.98 Å². The largest absolute Gasteiger partial charge is 0.295 e. The average Bonchev–Trinajstić information content (AvgIpc) is 2.86. The second-order valence-electron chi connectivity index (χ2n) is 7.83. The van der Waals surface area contributed by atoms with Gasteiger partial charge in [-0.3, -0.25) is 4.90 Å². The van der Waals surface area contributed by atoms with Crippen molar-refractivity contribution < 1.29 is 0 Å². The molecule has 0 aliphatic heterocycles. The van der Waals surface area contributed by atoms with E-state index >= 15 is 0 Å². The molecule has 0 amide bonds. The van der Waals surface area contributed by atoms with Crippen LogP contribution in [0.1, 0.15) is 5.56 Å². The summed E-state index contributed by atoms with van der Waals surface area (Å²) < 4.78 is 0. The third kappa shape index (κ3) is 4.03. The molecule has 0 fully saturated rings. The van der Waals surface area contributed by atoms with Crippen molar-refractivity contribution in [2.45, 2.75) is 6.92 Å². The Bertz CT molecular complexity index is 1330. The van der Waals surface area contributed by atoms with Crippen molar-refractivity contribution in [3.05, 3.63) is 133 Å². The van der Waals surface area contributed by atoms with E-state index in [1.165, 1.54) is 16.7 Å². The van der Waals surface area contributed by atoms with E-state index in [0.717, 1.165) is 28.3 Å². The quantitative estimate of drug-likeness (QED) is 0.289. The highest BCUT2D eigenvalue weighted by Crippen LogP contribution is 2.40. The molecule has 0 N–H and O–H groups in total. The van der Waals surface area contributed by atoms with E-state index < -0.39 is 0 Å². The van der Waals surface area contributed by atoms with Gasteiger partial charge in [0.15, 0.2) is 0 Å². The molecule has 0 unspecified atom stereocenters. The molecule has 1 heterocycles. The van der Waals surface area contributed by atoms with Crippen LogP contribution in [-0.4, -0.2) is 4.98 Å². The molecule has 1 aromatic heterocycles. The fourth-order valence-electron chi connectivity index (χ4n) is 4.03. The van der Waals surface area contributed by atoms with E-state index in [2.05, 4.69) is 115 Å². The van der Waals surface area contributed by atoms with Gasteiger partial charge in [-0.15, -0.1) is 0 Å². The summed E-state index contributed by atoms with van der Waals surface area (Å²) in [5.74, 6) is 0.912. The third-order valence-electron chi connectivity index (χ3n) is 5.55. The SMILES string of the molecule is Cc1cccc(N(c2cccc(-c3ccccc3)c2)c2ncccc2-c2ccccc2)c1. The number of hydrogen-bond donors (Lipinski definition) is 0. The number of aryl methyl sites for hydroxylation is 1. The number of benzene rings is 4. The van der Waals surface area contributed by atoms with Gasteiger partial charge in [0.1, 0.15) is 5.82 Å². The molecule has 0 saturated carbocycles. The summed E-state index contributed by atoms with van der Waals surface area (Å²) in [7, 11) is 0. The number of hydrogen-bond acceptors (Lipinski definition) is 2. The second-order valence-corrected chi connectivity index (χ2v) is 7.83. The Balaban J connectivity index is 1.72. The predicted molar refractivity (Wildman–Crippen MR) is 135 cm³/mol. The van der Waals surface area contributed by atoms with Crippen LogP contribution in [0.15, 0.2) is 128 Å². The molecule has 0 aliphatic rings. The molecule has 2 nitrogen and oxygen atoms in total. The number of rotatable bonds is 5. The lowest BCUT2D eigenvalue weighted by Crippen LogP contribution is -2.13. The van der Waals surface area contributed by atoms with Crippen LogP contribution in [0.3, 0.4) is 0 Å². The van der Waals surface area contributed by atoms with Crippen LogP contribution < -0.4 is 4.90 Å². The first kappa shape index (κ1) is 19.8. The lowest BCUT2D eigenvalue weighted by atomic mass is 10.0. The van der Waals surface area contributed by atoms with E-state index in [1.807, 2.05) is 24.4 Å². The van der Waals surface area contributed by atoms with Crippen LogP contribution in [0.2, 0.25) is 0 Å². The minimum absolute atomic E-state index is 0.912. The molecule has 32 heavy (non-hydrogen) atoms. The van der Waals surface area contributed by atoms with Gasteiger partial charge in [-0.1, -0.05) is 84.9 Å². The van der Waals surface area contributed by atoms with Crippen molar-refractivity contribution >= 4 is 17.2 Å². The molecule has 0 atom stereocenters. The van der Waals surface area contributed by atoms with Gasteiger partial charge in [-0.05, 0) is 65.6 Å². The first-order valence-electron chi connectivity index (χ1n) is 10.8. The van der Waals surface area contributed by atoms with Crippen LogP contribution in [0.25, 0.3) is 22.3 Å². The van der Waals surface area contributed by atoms with Crippen LogP contribution >= 0.6 is 0 Å². The van der Waals surface area contributed by atoms with Crippen molar-refractivity contribution in [3.63, 3.8) is 0 Å². The van der Waals surface area contributed by atoms with Gasteiger partial charge < -0.3 is 0 Å². The molecule has 2 heteroatoms. The van der Waals surface area contributed by atoms with Crippen LogP contribution in [0.4, 0.5) is 17.2 Å². The number of pyridine rings is 1. The summed E-state index contributed by atoms with van der Waals surface area (Å²) in [6, 6.07) is 42.3. The van der Waals surface area contributed by atoms with Crippen molar-refractivity contribution in [3.8, 4) is 22.3 Å². The Morgan fingerprint density at radius 1 is 0.531 bits per heavy atom. The van der Waals surface area contributed by atoms with E-state index in [0.29, 0.717) is 0 Å². The van der Waals surface area contributed by atoms with Gasteiger partial charge in [0, 0.05) is 23.1 Å². The average molecular weight is 413 g/mol. The first-order chi connectivity index (χ1) is 15.8. The van der Waals surface area contributed by atoms with Gasteiger partial charge in [0.2, 0.25) is 0 Å². The zero-order valence-corrected chi connectivity index (χ0v) is 18.0. The first-order valence-corrected chi connectivity index (χ1v) is 10.8. The summed E-state index contributed by atoms with van der Waals surface area (Å²) in [5.41, 5.74) is 8.00. The number of anilines is 3. The highest BCUT2D eigenvalue weighted by atomic mass is 15.2. The Morgan fingerprint density at radius 2 is 1.16 bits per heavy atom. The number of aromatic nitrogens is 1. The van der Waals surface area contributed by atoms with E-state index in [9.17, 15) is 0 Å². The van der Waals surface area contributed by atoms with Crippen molar-refractivity contribution in [2.75, 3.05) is 4.90 Å². The molecule has 4 aromatic carbocycles. The third-order valence-corrected chi connectivity index (χ3v) is 5.55. The predicted octanol–water partition coefficient (Wildman–Crippen LogP) is 8.19. The minimum atomic E-state index is 0.912. The Morgan fingerprint density at radius 3 is 1.88 bits per heavy atom. The standard InChI is InChI=1S/C30H24N2/c1-23-11-8-17-27(21-23)32(28-18-9-16-26(22-28)24-12-4-2-5-13-24)30-29(19-10-20-31-30)25-14-6-3-7-15-25/h2-22H,1H3. The molecule has 0 radical (unpaired) electrons. The van der Waals surface area contributed by atoms with Crippen molar-refractivity contribution in [2.24, 2.45) is 0 Å². The summed E-state index contributed by atoms with van der Waals surface area (Å²) in [5, 5.41) is 0. The summed E-state index contributed by atoms with van der Waals surface area (Å²) in [6.45, 7) is 2.12. The fourth-order valence-corrected chi connectivity index (χ4v) is 4.03. The Hall–Kier alpha value is -4.17. The van der Waals surface area contributed by atoms with Gasteiger partial charge in [0.05, 0.1) is 0 Å². The summed E-state index contributed by atoms with van der Waals surface area (Å²) in [6.07, 6.45) is 1.87. The molecular weight excluding hydrogens is 388 g/mol. The van der Waals surface area contributed by atoms with Gasteiger partial charge in [0.25, 0.3) is 0 Å². The molecule has 0 spiro atoms. The topological polar surface area (TPSA) is 16.1 Å². The van der Waals surface area contributed by atoms with Gasteiger partial charge >= 0.3 is 0 Å². The normalized spacial score (nSPS) is 10.7. The lowest BCUT2D eigenvalue weighted by molar-refractivity contribution is 1.18. The van der Waals surface area contributed by atoms with Gasteiger partial charge in [-0.2, -0.15) is 0 Å². The maximum absolute atomic E-state index is 4.87. The molecule has 0 saturated heterocycles. The van der Waals surface area contributed by atoms with Crippen LogP contribution in [-0.2, 0) is 0 Å². The van der Waals surface area contributed by atoms with Crippen molar-refractivity contribution in [1.29, 1.82) is 0 Å². The van der Waals surface area contributed by atoms with Crippen LogP contribution in [0.5, 0.6) is 0 Å². The smallest absolute Gasteiger partial charge is 0.145 e. The van der Waals surface area contributed by atoms with Crippen molar-refractivity contribution in [1.82, 2.24) is 4.98 Å². The zero-order valence-electron chi connectivity index (χ0n) is 18.0. The Labute approximate surface area is 189 Å². The molecule has 0 bridgehead atoms. The minimum Gasteiger partial charge on any atom is -0.295 e. The molecular formula is C30H24N2. The maximum Gasteiger partial charge on any atom is 0.145 e. The second kappa shape index (κ2) is 8.91. The van der Waals surface area contributed by atoms with E-state index in [1.54, 1.807) is 0 Å². The molecule has 5 rings (SSSR count). The highest BCUT2D eigenvalue weighted by molar-refractivity contribution is 5.86.